The predicted molar refractivity (Wildman–Crippen MR) is 115 cm³/mol. The first-order valence-electron chi connectivity index (χ1n) is 10.2. The van der Waals surface area contributed by atoms with Gasteiger partial charge in [0.25, 0.3) is 5.82 Å². The average Bonchev–Trinajstić information content (AvgIpc) is 2.80. The van der Waals surface area contributed by atoms with Crippen molar-refractivity contribution in [1.82, 2.24) is 4.90 Å². The SMILES string of the molecule is O[C@H](COc1ccc(-c2ccccc2)cc1)CN1CCN(c2cccc[nH+]2)CC1. The van der Waals surface area contributed by atoms with E-state index < -0.39 is 6.10 Å². The Balaban J connectivity index is 1.21. The monoisotopic (exact) mass is 390 g/mol. The molecule has 0 aliphatic carbocycles. The topological polar surface area (TPSA) is 50.1 Å². The third kappa shape index (κ3) is 5.34. The summed E-state index contributed by atoms with van der Waals surface area (Å²) < 4.78 is 5.80. The number of nitrogens with one attached hydrogen (secondary N) is 1. The van der Waals surface area contributed by atoms with Gasteiger partial charge in [-0.1, -0.05) is 48.5 Å². The van der Waals surface area contributed by atoms with E-state index in [9.17, 15) is 5.11 Å². The summed E-state index contributed by atoms with van der Waals surface area (Å²) in [5.41, 5.74) is 2.35. The van der Waals surface area contributed by atoms with Crippen molar-refractivity contribution in [3.8, 4) is 16.9 Å². The number of H-pyrrole nitrogens is 1. The van der Waals surface area contributed by atoms with E-state index in [1.165, 1.54) is 5.56 Å². The number of anilines is 1. The summed E-state index contributed by atoms with van der Waals surface area (Å²) in [6.45, 7) is 4.72. The summed E-state index contributed by atoms with van der Waals surface area (Å²) in [5.74, 6) is 1.93. The standard InChI is InChI=1S/C24H27N3O2/c28-22(18-26-14-16-27(17-15-26)24-8-4-5-13-25-24)19-29-23-11-9-21(10-12-23)20-6-2-1-3-7-20/h1-13,22,28H,14-19H2/p+1/t22-/m0/s1. The van der Waals surface area contributed by atoms with Gasteiger partial charge in [-0.15, -0.1) is 0 Å². The molecule has 0 unspecified atom stereocenters. The predicted octanol–water partition coefficient (Wildman–Crippen LogP) is 2.73. The molecule has 0 saturated carbocycles. The van der Waals surface area contributed by atoms with Crippen LogP contribution in [-0.4, -0.2) is 55.4 Å². The highest BCUT2D eigenvalue weighted by Crippen LogP contribution is 2.22. The first-order chi connectivity index (χ1) is 14.3. The van der Waals surface area contributed by atoms with Gasteiger partial charge in [0.1, 0.15) is 18.5 Å². The molecule has 2 heterocycles. The van der Waals surface area contributed by atoms with Gasteiger partial charge in [0.15, 0.2) is 0 Å². The van der Waals surface area contributed by atoms with Crippen LogP contribution in [0.3, 0.4) is 0 Å². The molecule has 4 rings (SSSR count). The quantitative estimate of drug-likeness (QED) is 0.674. The summed E-state index contributed by atoms with van der Waals surface area (Å²) >= 11 is 0. The summed E-state index contributed by atoms with van der Waals surface area (Å²) in [6.07, 6.45) is 1.45. The van der Waals surface area contributed by atoms with Gasteiger partial charge in [-0.3, -0.25) is 9.80 Å². The van der Waals surface area contributed by atoms with Gasteiger partial charge in [-0.2, -0.15) is 0 Å². The largest absolute Gasteiger partial charge is 0.491 e. The summed E-state index contributed by atoms with van der Waals surface area (Å²) in [6, 6.07) is 24.4. The van der Waals surface area contributed by atoms with Crippen LogP contribution in [0, 0.1) is 0 Å². The summed E-state index contributed by atoms with van der Waals surface area (Å²) in [4.78, 5) is 7.92. The van der Waals surface area contributed by atoms with Crippen molar-refractivity contribution in [2.24, 2.45) is 0 Å². The van der Waals surface area contributed by atoms with Crippen LogP contribution >= 0.6 is 0 Å². The smallest absolute Gasteiger partial charge is 0.274 e. The van der Waals surface area contributed by atoms with Crippen molar-refractivity contribution in [2.75, 3.05) is 44.2 Å². The molecular formula is C24H28N3O2+. The van der Waals surface area contributed by atoms with Crippen molar-refractivity contribution in [2.45, 2.75) is 6.10 Å². The van der Waals surface area contributed by atoms with Crippen LogP contribution in [0.15, 0.2) is 79.0 Å². The van der Waals surface area contributed by atoms with E-state index in [0.29, 0.717) is 13.2 Å². The molecule has 1 aliphatic rings. The number of rotatable bonds is 7. The molecule has 0 spiro atoms. The number of β-amino-alcohol motifs (C(OH)–C–C–N with tert-alkyl or cyclic N) is 1. The molecule has 150 valence electrons. The maximum absolute atomic E-state index is 10.4. The minimum Gasteiger partial charge on any atom is -0.491 e. The summed E-state index contributed by atoms with van der Waals surface area (Å²) in [5, 5.41) is 10.4. The fraction of sp³-hybridized carbons (Fsp3) is 0.292. The number of aliphatic hydroxyl groups excluding tert-OH is 1. The van der Waals surface area contributed by atoms with E-state index in [1.54, 1.807) is 0 Å². The number of piperazine rings is 1. The fourth-order valence-electron chi connectivity index (χ4n) is 3.67. The summed E-state index contributed by atoms with van der Waals surface area (Å²) in [7, 11) is 0. The number of ether oxygens (including phenoxy) is 1. The second-order valence-corrected chi connectivity index (χ2v) is 7.39. The Morgan fingerprint density at radius 3 is 2.21 bits per heavy atom. The van der Waals surface area contributed by atoms with E-state index in [4.69, 9.17) is 4.74 Å². The zero-order chi connectivity index (χ0) is 19.9. The van der Waals surface area contributed by atoms with Crippen LogP contribution in [0.1, 0.15) is 0 Å². The first kappa shape index (κ1) is 19.4. The van der Waals surface area contributed by atoms with Gasteiger partial charge in [0.05, 0.1) is 19.3 Å². The highest BCUT2D eigenvalue weighted by molar-refractivity contribution is 5.63. The van der Waals surface area contributed by atoms with Gasteiger partial charge in [0, 0.05) is 25.7 Å². The third-order valence-electron chi connectivity index (χ3n) is 5.28. The van der Waals surface area contributed by atoms with E-state index in [0.717, 1.165) is 43.3 Å². The van der Waals surface area contributed by atoms with Crippen LogP contribution < -0.4 is 14.6 Å². The Kier molecular flexibility index (Phi) is 6.39. The number of hydrogen-bond donors (Lipinski definition) is 1. The molecule has 5 nitrogen and oxygen atoms in total. The van der Waals surface area contributed by atoms with Crippen LogP contribution in [0.25, 0.3) is 11.1 Å². The van der Waals surface area contributed by atoms with Crippen LogP contribution in [0.5, 0.6) is 5.75 Å². The number of aromatic nitrogens is 1. The molecule has 1 fully saturated rings. The minimum absolute atomic E-state index is 0.303. The second kappa shape index (κ2) is 9.54. The average molecular weight is 391 g/mol. The second-order valence-electron chi connectivity index (χ2n) is 7.39. The Labute approximate surface area is 172 Å². The van der Waals surface area contributed by atoms with Gasteiger partial charge in [-0.25, -0.2) is 4.98 Å². The molecule has 3 aromatic rings. The van der Waals surface area contributed by atoms with Crippen molar-refractivity contribution in [3.63, 3.8) is 0 Å². The molecule has 0 bridgehead atoms. The van der Waals surface area contributed by atoms with Crippen molar-refractivity contribution in [1.29, 1.82) is 0 Å². The van der Waals surface area contributed by atoms with E-state index >= 15 is 0 Å². The van der Waals surface area contributed by atoms with E-state index in [1.807, 2.05) is 48.7 Å². The molecule has 0 radical (unpaired) electrons. The maximum Gasteiger partial charge on any atom is 0.274 e. The molecule has 1 aromatic heterocycles. The molecule has 1 saturated heterocycles. The number of nitrogens with zero attached hydrogens (tertiary/aromatic N) is 2. The first-order valence-corrected chi connectivity index (χ1v) is 10.2. The molecule has 29 heavy (non-hydrogen) atoms. The van der Waals surface area contributed by atoms with Gasteiger partial charge in [0.2, 0.25) is 0 Å². The zero-order valence-electron chi connectivity index (χ0n) is 16.6. The Bertz CT molecular complexity index is 864. The molecule has 1 atom stereocenters. The lowest BCUT2D eigenvalue weighted by Crippen LogP contribution is -2.50. The molecule has 2 aromatic carbocycles. The number of aliphatic hydroxyl groups is 1. The fourth-order valence-corrected chi connectivity index (χ4v) is 3.67. The zero-order valence-corrected chi connectivity index (χ0v) is 16.6. The number of benzene rings is 2. The Morgan fingerprint density at radius 2 is 1.52 bits per heavy atom. The molecule has 1 aliphatic heterocycles. The van der Waals surface area contributed by atoms with E-state index in [-0.39, 0.29) is 0 Å². The number of pyridine rings is 1. The Hall–Kier alpha value is -2.89. The highest BCUT2D eigenvalue weighted by atomic mass is 16.5. The van der Waals surface area contributed by atoms with E-state index in [2.05, 4.69) is 45.1 Å². The highest BCUT2D eigenvalue weighted by Gasteiger charge is 2.24. The minimum atomic E-state index is -0.501. The van der Waals surface area contributed by atoms with Crippen LogP contribution in [0.2, 0.25) is 0 Å². The molecular weight excluding hydrogens is 362 g/mol. The van der Waals surface area contributed by atoms with Gasteiger partial charge in [-0.05, 0) is 29.3 Å². The third-order valence-corrected chi connectivity index (χ3v) is 5.28. The number of aromatic amines is 1. The van der Waals surface area contributed by atoms with Gasteiger partial charge >= 0.3 is 0 Å². The molecule has 2 N–H and O–H groups in total. The van der Waals surface area contributed by atoms with Crippen molar-refractivity contribution in [3.05, 3.63) is 79.0 Å². The lowest BCUT2D eigenvalue weighted by atomic mass is 10.1. The lowest BCUT2D eigenvalue weighted by molar-refractivity contribution is -0.364. The van der Waals surface area contributed by atoms with Crippen molar-refractivity contribution < 1.29 is 14.8 Å². The van der Waals surface area contributed by atoms with Crippen LogP contribution in [-0.2, 0) is 0 Å². The maximum atomic E-state index is 10.4. The lowest BCUT2D eigenvalue weighted by Gasteiger charge is -2.32. The Morgan fingerprint density at radius 1 is 0.828 bits per heavy atom. The van der Waals surface area contributed by atoms with Crippen molar-refractivity contribution >= 4 is 5.82 Å². The normalized spacial score (nSPS) is 15.8. The molecule has 0 amide bonds. The molecule has 5 heteroatoms. The van der Waals surface area contributed by atoms with Crippen LogP contribution in [0.4, 0.5) is 5.82 Å². The number of hydrogen-bond acceptors (Lipinski definition) is 4. The van der Waals surface area contributed by atoms with Gasteiger partial charge < -0.3 is 9.84 Å².